The van der Waals surface area contributed by atoms with Gasteiger partial charge in [0.15, 0.2) is 0 Å². The SMILES string of the molecule is CC#CCOc1ccc(C(F)(F)C(CN(N)/N=C\N)c2ccc(F)cc2F)nc1. The van der Waals surface area contributed by atoms with E-state index in [0.717, 1.165) is 30.7 Å². The summed E-state index contributed by atoms with van der Waals surface area (Å²) in [5, 5.41) is 4.12. The van der Waals surface area contributed by atoms with E-state index < -0.39 is 41.3 Å². The molecule has 0 aliphatic rings. The van der Waals surface area contributed by atoms with Crippen LogP contribution in [0.5, 0.6) is 5.75 Å². The normalized spacial score (nSPS) is 12.3. The Morgan fingerprint density at radius 2 is 2.07 bits per heavy atom. The molecule has 1 unspecified atom stereocenters. The van der Waals surface area contributed by atoms with Gasteiger partial charge in [0.1, 0.15) is 36.0 Å². The van der Waals surface area contributed by atoms with Crippen molar-refractivity contribution in [1.29, 1.82) is 0 Å². The summed E-state index contributed by atoms with van der Waals surface area (Å²) >= 11 is 0. The topological polar surface area (TPSA) is 89.8 Å². The molecule has 4 N–H and O–H groups in total. The van der Waals surface area contributed by atoms with E-state index in [2.05, 4.69) is 21.9 Å². The van der Waals surface area contributed by atoms with E-state index in [4.69, 9.17) is 16.3 Å². The maximum atomic E-state index is 15.3. The first-order valence-corrected chi connectivity index (χ1v) is 8.37. The van der Waals surface area contributed by atoms with E-state index in [1.807, 2.05) is 0 Å². The van der Waals surface area contributed by atoms with Gasteiger partial charge < -0.3 is 10.5 Å². The lowest BCUT2D eigenvalue weighted by atomic mass is 9.89. The molecule has 6 nitrogen and oxygen atoms in total. The molecule has 0 saturated heterocycles. The van der Waals surface area contributed by atoms with E-state index in [0.29, 0.717) is 11.2 Å². The average molecular weight is 409 g/mol. The van der Waals surface area contributed by atoms with Crippen LogP contribution in [0.2, 0.25) is 0 Å². The number of hydrogen-bond acceptors (Lipinski definition) is 5. The zero-order valence-corrected chi connectivity index (χ0v) is 15.4. The highest BCUT2D eigenvalue weighted by Gasteiger charge is 2.45. The lowest BCUT2D eigenvalue weighted by molar-refractivity contribution is -0.0489. The number of aromatic nitrogens is 1. The molecule has 0 bridgehead atoms. The van der Waals surface area contributed by atoms with E-state index >= 15 is 8.78 Å². The monoisotopic (exact) mass is 409 g/mol. The van der Waals surface area contributed by atoms with Gasteiger partial charge in [0, 0.05) is 6.07 Å². The van der Waals surface area contributed by atoms with Gasteiger partial charge in [-0.3, -0.25) is 4.98 Å². The fraction of sp³-hybridized carbons (Fsp3) is 0.263. The Morgan fingerprint density at radius 1 is 1.31 bits per heavy atom. The van der Waals surface area contributed by atoms with Crippen LogP contribution in [0.4, 0.5) is 17.6 Å². The summed E-state index contributed by atoms with van der Waals surface area (Å²) in [5.74, 6) is 3.53. The third-order valence-electron chi connectivity index (χ3n) is 3.93. The van der Waals surface area contributed by atoms with Crippen molar-refractivity contribution in [3.05, 3.63) is 59.4 Å². The second kappa shape index (κ2) is 9.75. The molecule has 0 saturated carbocycles. The second-order valence-electron chi connectivity index (χ2n) is 5.82. The molecule has 2 rings (SSSR count). The van der Waals surface area contributed by atoms with Gasteiger partial charge in [-0.1, -0.05) is 12.0 Å². The molecule has 0 aliphatic heterocycles. The van der Waals surface area contributed by atoms with Gasteiger partial charge in [-0.15, -0.1) is 5.92 Å². The van der Waals surface area contributed by atoms with E-state index in [9.17, 15) is 8.78 Å². The average Bonchev–Trinajstić information content (AvgIpc) is 2.67. The smallest absolute Gasteiger partial charge is 0.298 e. The molecular formula is C19H19F4N5O. The van der Waals surface area contributed by atoms with Crippen LogP contribution in [0.3, 0.4) is 0 Å². The molecule has 0 spiro atoms. The van der Waals surface area contributed by atoms with Crippen molar-refractivity contribution in [2.24, 2.45) is 16.7 Å². The van der Waals surface area contributed by atoms with Crippen molar-refractivity contribution < 1.29 is 22.3 Å². The van der Waals surface area contributed by atoms with E-state index in [1.165, 1.54) is 6.07 Å². The van der Waals surface area contributed by atoms with E-state index in [1.54, 1.807) is 6.92 Å². The minimum absolute atomic E-state index is 0.0799. The Hall–Kier alpha value is -3.32. The molecule has 0 radical (unpaired) electrons. The molecular weight excluding hydrogens is 390 g/mol. The fourth-order valence-electron chi connectivity index (χ4n) is 2.55. The summed E-state index contributed by atoms with van der Waals surface area (Å²) in [6.07, 6.45) is 1.91. The molecule has 1 aromatic heterocycles. The number of pyridine rings is 1. The van der Waals surface area contributed by atoms with Crippen LogP contribution in [0.25, 0.3) is 0 Å². The van der Waals surface area contributed by atoms with Crippen LogP contribution < -0.4 is 16.3 Å². The lowest BCUT2D eigenvalue weighted by Crippen LogP contribution is -2.38. The van der Waals surface area contributed by atoms with Crippen LogP contribution in [0.1, 0.15) is 24.1 Å². The Balaban J connectivity index is 2.39. The molecule has 1 aromatic carbocycles. The third-order valence-corrected chi connectivity index (χ3v) is 3.93. The third kappa shape index (κ3) is 5.58. The lowest BCUT2D eigenvalue weighted by Gasteiger charge is -2.29. The standard InChI is InChI=1S/C19H19F4N5O/c1-2-3-8-29-14-5-7-18(26-10-14)19(22,23)16(11-28(25)27-12-24)15-6-4-13(20)9-17(15)21/h4-7,9-10,12,16H,8,11,25H2,1H3,(H2,24,27). The number of hydrogen-bond donors (Lipinski definition) is 2. The summed E-state index contributed by atoms with van der Waals surface area (Å²) in [7, 11) is 0. The van der Waals surface area contributed by atoms with Gasteiger partial charge in [0.25, 0.3) is 5.92 Å². The summed E-state index contributed by atoms with van der Waals surface area (Å²) in [5.41, 5.74) is 4.03. The largest absolute Gasteiger partial charge is 0.479 e. The van der Waals surface area contributed by atoms with Crippen LogP contribution in [0.15, 0.2) is 41.6 Å². The minimum atomic E-state index is -3.68. The number of hydrazine groups is 1. The summed E-state index contributed by atoms with van der Waals surface area (Å²) in [6, 6.07) is 4.68. The van der Waals surface area contributed by atoms with Crippen molar-refractivity contribution in [3.8, 4) is 17.6 Å². The van der Waals surface area contributed by atoms with Gasteiger partial charge in [0.05, 0.1) is 18.7 Å². The van der Waals surface area contributed by atoms with Crippen molar-refractivity contribution in [2.75, 3.05) is 13.2 Å². The predicted octanol–water partition coefficient (Wildman–Crippen LogP) is 2.72. The van der Waals surface area contributed by atoms with Crippen molar-refractivity contribution >= 4 is 6.34 Å². The van der Waals surface area contributed by atoms with Crippen molar-refractivity contribution in [1.82, 2.24) is 10.1 Å². The molecule has 29 heavy (non-hydrogen) atoms. The first-order valence-electron chi connectivity index (χ1n) is 8.37. The van der Waals surface area contributed by atoms with Gasteiger partial charge in [-0.25, -0.2) is 19.7 Å². The molecule has 1 heterocycles. The van der Waals surface area contributed by atoms with Crippen LogP contribution in [-0.2, 0) is 5.92 Å². The number of rotatable bonds is 8. The number of ether oxygens (including phenoxy) is 1. The van der Waals surface area contributed by atoms with E-state index in [-0.39, 0.29) is 12.4 Å². The van der Waals surface area contributed by atoms with Crippen LogP contribution in [0, 0.1) is 23.5 Å². The molecule has 0 fully saturated rings. The summed E-state index contributed by atoms with van der Waals surface area (Å²) < 4.78 is 63.3. The van der Waals surface area contributed by atoms with Crippen molar-refractivity contribution in [3.63, 3.8) is 0 Å². The fourth-order valence-corrected chi connectivity index (χ4v) is 2.55. The summed E-state index contributed by atoms with van der Waals surface area (Å²) in [4.78, 5) is 3.73. The maximum Gasteiger partial charge on any atom is 0.298 e. The Labute approximate surface area is 165 Å². The first kappa shape index (κ1) is 22.0. The zero-order valence-electron chi connectivity index (χ0n) is 15.4. The number of alkyl halides is 2. The number of nitrogens with two attached hydrogens (primary N) is 2. The Kier molecular flexibility index (Phi) is 7.39. The summed E-state index contributed by atoms with van der Waals surface area (Å²) in [6.45, 7) is 1.10. The molecule has 154 valence electrons. The van der Waals surface area contributed by atoms with Gasteiger partial charge in [-0.2, -0.15) is 13.9 Å². The highest BCUT2D eigenvalue weighted by atomic mass is 19.3. The number of nitrogens with zero attached hydrogens (tertiary/aromatic N) is 3. The van der Waals surface area contributed by atoms with Crippen LogP contribution in [-0.4, -0.2) is 29.6 Å². The molecule has 2 aromatic rings. The highest BCUT2D eigenvalue weighted by molar-refractivity contribution is 5.50. The Morgan fingerprint density at radius 3 is 2.66 bits per heavy atom. The first-order chi connectivity index (χ1) is 13.8. The van der Waals surface area contributed by atoms with Gasteiger partial charge >= 0.3 is 0 Å². The highest BCUT2D eigenvalue weighted by Crippen LogP contribution is 2.42. The maximum absolute atomic E-state index is 15.3. The molecule has 0 aliphatic carbocycles. The van der Waals surface area contributed by atoms with Gasteiger partial charge in [-0.05, 0) is 30.7 Å². The van der Waals surface area contributed by atoms with Gasteiger partial charge in [0.2, 0.25) is 0 Å². The minimum Gasteiger partial charge on any atom is -0.479 e. The quantitative estimate of drug-likeness (QED) is 0.175. The number of benzene rings is 1. The molecule has 1 atom stereocenters. The van der Waals surface area contributed by atoms with Crippen LogP contribution >= 0.6 is 0 Å². The number of hydrazone groups is 1. The number of halogens is 4. The molecule has 0 amide bonds. The zero-order chi connectivity index (χ0) is 21.4. The Bertz CT molecular complexity index is 909. The predicted molar refractivity (Wildman–Crippen MR) is 99.7 cm³/mol. The second-order valence-corrected chi connectivity index (χ2v) is 5.82. The van der Waals surface area contributed by atoms with Crippen molar-refractivity contribution in [2.45, 2.75) is 18.8 Å². The molecule has 10 heteroatoms.